The molecule has 1 aromatic carbocycles. The van der Waals surface area contributed by atoms with Crippen molar-refractivity contribution in [3.63, 3.8) is 0 Å². The first-order valence-corrected chi connectivity index (χ1v) is 9.80. The molecular formula is C21H23F3N4O3. The number of halogens is 3. The topological polar surface area (TPSA) is 85.8 Å². The van der Waals surface area contributed by atoms with Gasteiger partial charge in [0.15, 0.2) is 0 Å². The lowest BCUT2D eigenvalue weighted by Gasteiger charge is -2.36. The van der Waals surface area contributed by atoms with Crippen LogP contribution in [0.2, 0.25) is 0 Å². The van der Waals surface area contributed by atoms with Gasteiger partial charge in [0.25, 0.3) is 0 Å². The van der Waals surface area contributed by atoms with E-state index in [0.717, 1.165) is 12.3 Å². The van der Waals surface area contributed by atoms with Gasteiger partial charge in [-0.05, 0) is 24.3 Å². The standard InChI is InChI=1S/C21H23F3N4O3/c22-21(23,24)16-6-7-18(25-13-16)28-10-8-27(9-11-28)14-15(20(30)31)12-19(29)26-17-4-2-1-3-5-17/h1-7,13,15H,8-12,14H2,(H,26,29)(H,30,31)/t15-/m1/s1. The third-order valence-corrected chi connectivity index (χ3v) is 5.09. The van der Waals surface area contributed by atoms with Crippen LogP contribution in [0.4, 0.5) is 24.7 Å². The van der Waals surface area contributed by atoms with Crippen LogP contribution in [0.25, 0.3) is 0 Å². The number of carbonyl (C=O) groups is 2. The van der Waals surface area contributed by atoms with E-state index in [-0.39, 0.29) is 18.9 Å². The summed E-state index contributed by atoms with van der Waals surface area (Å²) in [6.07, 6.45) is -3.76. The monoisotopic (exact) mass is 436 g/mol. The van der Waals surface area contributed by atoms with E-state index in [2.05, 4.69) is 10.3 Å². The summed E-state index contributed by atoms with van der Waals surface area (Å²) in [6.45, 7) is 2.26. The van der Waals surface area contributed by atoms with Crippen molar-refractivity contribution in [3.05, 3.63) is 54.2 Å². The fraction of sp³-hybridized carbons (Fsp3) is 0.381. The number of nitrogens with zero attached hydrogens (tertiary/aromatic N) is 3. The molecule has 2 aromatic rings. The predicted octanol–water partition coefficient (Wildman–Crippen LogP) is 2.95. The smallest absolute Gasteiger partial charge is 0.417 e. The van der Waals surface area contributed by atoms with Gasteiger partial charge in [0.05, 0.1) is 11.5 Å². The zero-order valence-corrected chi connectivity index (χ0v) is 16.7. The number of para-hydroxylation sites is 1. The van der Waals surface area contributed by atoms with Gasteiger partial charge in [-0.25, -0.2) is 4.98 Å². The van der Waals surface area contributed by atoms with Crippen molar-refractivity contribution in [1.29, 1.82) is 0 Å². The van der Waals surface area contributed by atoms with Crippen LogP contribution in [0.5, 0.6) is 0 Å². The van der Waals surface area contributed by atoms with Gasteiger partial charge < -0.3 is 15.3 Å². The first-order chi connectivity index (χ1) is 14.7. The number of carboxylic acids is 1. The van der Waals surface area contributed by atoms with Crippen LogP contribution in [-0.4, -0.2) is 59.6 Å². The average Bonchev–Trinajstić information content (AvgIpc) is 2.74. The zero-order valence-electron chi connectivity index (χ0n) is 16.7. The van der Waals surface area contributed by atoms with Crippen molar-refractivity contribution < 1.29 is 27.9 Å². The summed E-state index contributed by atoms with van der Waals surface area (Å²) in [5.74, 6) is -1.83. The number of amides is 1. The van der Waals surface area contributed by atoms with Gasteiger partial charge in [-0.3, -0.25) is 14.5 Å². The third kappa shape index (κ3) is 6.42. The molecule has 1 aliphatic heterocycles. The minimum Gasteiger partial charge on any atom is -0.481 e. The van der Waals surface area contributed by atoms with Crippen molar-refractivity contribution >= 4 is 23.4 Å². The predicted molar refractivity (Wildman–Crippen MR) is 109 cm³/mol. The van der Waals surface area contributed by atoms with Crippen LogP contribution in [-0.2, 0) is 15.8 Å². The molecule has 2 heterocycles. The summed E-state index contributed by atoms with van der Waals surface area (Å²) in [6, 6.07) is 11.2. The lowest BCUT2D eigenvalue weighted by Crippen LogP contribution is -2.49. The highest BCUT2D eigenvalue weighted by Gasteiger charge is 2.31. The average molecular weight is 436 g/mol. The Kier molecular flexibility index (Phi) is 7.11. The van der Waals surface area contributed by atoms with Crippen molar-refractivity contribution in [2.24, 2.45) is 5.92 Å². The highest BCUT2D eigenvalue weighted by atomic mass is 19.4. The third-order valence-electron chi connectivity index (χ3n) is 5.09. The molecular weight excluding hydrogens is 413 g/mol. The lowest BCUT2D eigenvalue weighted by molar-refractivity contribution is -0.144. The number of hydrogen-bond donors (Lipinski definition) is 2. The van der Waals surface area contributed by atoms with Crippen LogP contribution >= 0.6 is 0 Å². The van der Waals surface area contributed by atoms with Crippen LogP contribution in [0, 0.1) is 5.92 Å². The molecule has 0 spiro atoms. The molecule has 1 aliphatic rings. The first kappa shape index (κ1) is 22.5. The molecule has 10 heteroatoms. The molecule has 1 atom stereocenters. The van der Waals surface area contributed by atoms with Gasteiger partial charge in [-0.2, -0.15) is 13.2 Å². The maximum absolute atomic E-state index is 12.7. The Morgan fingerprint density at radius 3 is 2.29 bits per heavy atom. The fourth-order valence-electron chi connectivity index (χ4n) is 3.40. The molecule has 1 amide bonds. The molecule has 166 valence electrons. The number of nitrogens with one attached hydrogen (secondary N) is 1. The number of benzene rings is 1. The Hall–Kier alpha value is -3.14. The number of carbonyl (C=O) groups excluding carboxylic acids is 1. The summed E-state index contributed by atoms with van der Waals surface area (Å²) in [4.78, 5) is 31.6. The number of carboxylic acid groups (broad SMARTS) is 1. The molecule has 3 rings (SSSR count). The number of alkyl halides is 3. The molecule has 31 heavy (non-hydrogen) atoms. The van der Waals surface area contributed by atoms with Gasteiger partial charge >= 0.3 is 12.1 Å². The molecule has 1 saturated heterocycles. The quantitative estimate of drug-likeness (QED) is 0.694. The summed E-state index contributed by atoms with van der Waals surface area (Å²) >= 11 is 0. The molecule has 0 bridgehead atoms. The lowest BCUT2D eigenvalue weighted by atomic mass is 10.0. The first-order valence-electron chi connectivity index (χ1n) is 9.80. The molecule has 1 aromatic heterocycles. The largest absolute Gasteiger partial charge is 0.481 e. The number of aliphatic carboxylic acids is 1. The second kappa shape index (κ2) is 9.78. The van der Waals surface area contributed by atoms with Gasteiger partial charge in [-0.15, -0.1) is 0 Å². The Morgan fingerprint density at radius 1 is 1.06 bits per heavy atom. The molecule has 2 N–H and O–H groups in total. The number of pyridine rings is 1. The molecule has 0 radical (unpaired) electrons. The van der Waals surface area contributed by atoms with Gasteiger partial charge in [-0.1, -0.05) is 18.2 Å². The van der Waals surface area contributed by atoms with E-state index in [1.54, 1.807) is 24.3 Å². The Labute approximate surface area is 177 Å². The van der Waals surface area contributed by atoms with Crippen molar-refractivity contribution in [3.8, 4) is 0 Å². The van der Waals surface area contributed by atoms with Crippen LogP contribution in [0.3, 0.4) is 0 Å². The fourth-order valence-corrected chi connectivity index (χ4v) is 3.40. The highest BCUT2D eigenvalue weighted by molar-refractivity contribution is 5.93. The minimum atomic E-state index is -4.43. The molecule has 0 unspecified atom stereocenters. The summed E-state index contributed by atoms with van der Waals surface area (Å²) in [7, 11) is 0. The maximum Gasteiger partial charge on any atom is 0.417 e. The van der Waals surface area contributed by atoms with Crippen molar-refractivity contribution in [1.82, 2.24) is 9.88 Å². The number of rotatable bonds is 7. The van der Waals surface area contributed by atoms with Crippen LogP contribution in [0.15, 0.2) is 48.7 Å². The summed E-state index contributed by atoms with van der Waals surface area (Å²) < 4.78 is 38.0. The Bertz CT molecular complexity index is 883. The van der Waals surface area contributed by atoms with E-state index in [1.807, 2.05) is 15.9 Å². The van der Waals surface area contributed by atoms with E-state index < -0.39 is 23.6 Å². The van der Waals surface area contributed by atoms with Gasteiger partial charge in [0.2, 0.25) is 5.91 Å². The molecule has 7 nitrogen and oxygen atoms in total. The maximum atomic E-state index is 12.7. The number of aromatic nitrogens is 1. The molecule has 0 saturated carbocycles. The van der Waals surface area contributed by atoms with Gasteiger partial charge in [0, 0.05) is 51.0 Å². The zero-order chi connectivity index (χ0) is 22.4. The molecule has 0 aliphatic carbocycles. The molecule has 1 fully saturated rings. The second-order valence-corrected chi connectivity index (χ2v) is 7.34. The van der Waals surface area contributed by atoms with E-state index in [1.165, 1.54) is 6.07 Å². The Morgan fingerprint density at radius 2 is 1.74 bits per heavy atom. The van der Waals surface area contributed by atoms with Crippen LogP contribution in [0.1, 0.15) is 12.0 Å². The number of anilines is 2. The minimum absolute atomic E-state index is 0.148. The Balaban J connectivity index is 1.51. The van der Waals surface area contributed by atoms with E-state index >= 15 is 0 Å². The normalized spacial score (nSPS) is 16.0. The summed E-state index contributed by atoms with van der Waals surface area (Å²) in [5.41, 5.74) is -0.192. The SMILES string of the molecule is O=C(C[C@H](CN1CCN(c2ccc(C(F)(F)F)cn2)CC1)C(=O)O)Nc1ccccc1. The summed E-state index contributed by atoms with van der Waals surface area (Å²) in [5, 5.41) is 12.2. The van der Waals surface area contributed by atoms with Crippen molar-refractivity contribution in [2.45, 2.75) is 12.6 Å². The number of piperazine rings is 1. The van der Waals surface area contributed by atoms with Crippen molar-refractivity contribution in [2.75, 3.05) is 42.9 Å². The second-order valence-electron chi connectivity index (χ2n) is 7.34. The van der Waals surface area contributed by atoms with E-state index in [4.69, 9.17) is 0 Å². The highest BCUT2D eigenvalue weighted by Crippen LogP contribution is 2.29. The van der Waals surface area contributed by atoms with E-state index in [0.29, 0.717) is 37.7 Å². The van der Waals surface area contributed by atoms with Gasteiger partial charge in [0.1, 0.15) is 5.82 Å². The van der Waals surface area contributed by atoms with Crippen LogP contribution < -0.4 is 10.2 Å². The number of hydrogen-bond acceptors (Lipinski definition) is 5. The van der Waals surface area contributed by atoms with E-state index in [9.17, 15) is 27.9 Å².